The van der Waals surface area contributed by atoms with Gasteiger partial charge in [-0.3, -0.25) is 29.5 Å². The van der Waals surface area contributed by atoms with Gasteiger partial charge in [-0.1, -0.05) is 0 Å². The third kappa shape index (κ3) is 3.35. The monoisotopic (exact) mass is 428 g/mol. The largest absolute Gasteiger partial charge is 0.496 e. The molecule has 2 aromatic rings. The smallest absolute Gasteiger partial charge is 0.296 e. The second-order valence-corrected chi connectivity index (χ2v) is 7.21. The van der Waals surface area contributed by atoms with Crippen LogP contribution in [0.1, 0.15) is 17.0 Å². The fourth-order valence-electron chi connectivity index (χ4n) is 3.40. The minimum Gasteiger partial charge on any atom is -0.496 e. The second-order valence-electron chi connectivity index (χ2n) is 6.84. The van der Waals surface area contributed by atoms with Crippen molar-refractivity contribution >= 4 is 40.9 Å². The maximum atomic E-state index is 12.6. The van der Waals surface area contributed by atoms with Crippen molar-refractivity contribution in [3.8, 4) is 11.4 Å². The zero-order valence-electron chi connectivity index (χ0n) is 17.1. The number of nitro benzene ring substituents is 1. The van der Waals surface area contributed by atoms with E-state index in [1.165, 1.54) is 43.1 Å². The normalized spacial score (nSPS) is 14.4. The molecule has 10 heteroatoms. The summed E-state index contributed by atoms with van der Waals surface area (Å²) in [6, 6.07) is 6.36. The predicted molar refractivity (Wildman–Crippen MR) is 115 cm³/mol. The summed E-state index contributed by atoms with van der Waals surface area (Å²) in [5.41, 5.74) is 2.16. The Morgan fingerprint density at radius 1 is 1.10 bits per heavy atom. The molecule has 0 aliphatic carbocycles. The number of nitro groups is 1. The van der Waals surface area contributed by atoms with Crippen LogP contribution in [-0.2, 0) is 9.59 Å². The number of carbonyl (C=O) groups excluding carboxylic acids is 2. The molecular weight excluding hydrogens is 408 g/mol. The zero-order valence-corrected chi connectivity index (χ0v) is 17.9. The van der Waals surface area contributed by atoms with Crippen molar-refractivity contribution in [1.29, 1.82) is 0 Å². The number of aromatic nitrogens is 1. The molecule has 0 unspecified atom stereocenters. The third-order valence-electron chi connectivity index (χ3n) is 5.03. The van der Waals surface area contributed by atoms with Crippen LogP contribution in [0.3, 0.4) is 0 Å². The summed E-state index contributed by atoms with van der Waals surface area (Å²) in [5.74, 6) is -0.623. The minimum absolute atomic E-state index is 0.0296. The zero-order chi connectivity index (χ0) is 22.3. The summed E-state index contributed by atoms with van der Waals surface area (Å²) < 4.78 is 6.80. The molecule has 1 aromatic heterocycles. The van der Waals surface area contributed by atoms with Crippen LogP contribution in [0.2, 0.25) is 0 Å². The number of rotatable bonds is 4. The topological polar surface area (TPSA) is 97.9 Å². The molecule has 9 nitrogen and oxygen atoms in total. The number of ether oxygens (including phenoxy) is 1. The van der Waals surface area contributed by atoms with Crippen molar-refractivity contribution < 1.29 is 19.2 Å². The number of aryl methyl sites for hydroxylation is 1. The molecule has 1 aromatic carbocycles. The van der Waals surface area contributed by atoms with Crippen LogP contribution in [0.15, 0.2) is 29.8 Å². The first-order chi connectivity index (χ1) is 14.1. The Bertz CT molecular complexity index is 1110. The van der Waals surface area contributed by atoms with E-state index in [1.807, 2.05) is 0 Å². The summed E-state index contributed by atoms with van der Waals surface area (Å²) >= 11 is 5.10. The molecule has 2 heterocycles. The summed E-state index contributed by atoms with van der Waals surface area (Å²) in [6.07, 6.45) is 1.49. The van der Waals surface area contributed by atoms with E-state index in [0.717, 1.165) is 0 Å². The van der Waals surface area contributed by atoms with E-state index in [2.05, 4.69) is 0 Å². The third-order valence-corrected chi connectivity index (χ3v) is 5.58. The second kappa shape index (κ2) is 7.71. The molecule has 1 saturated heterocycles. The highest BCUT2D eigenvalue weighted by atomic mass is 32.1. The van der Waals surface area contributed by atoms with Gasteiger partial charge < -0.3 is 9.30 Å². The predicted octanol–water partition coefficient (Wildman–Crippen LogP) is 2.61. The van der Waals surface area contributed by atoms with Gasteiger partial charge in [-0.05, 0) is 55.9 Å². The molecule has 0 N–H and O–H groups in total. The van der Waals surface area contributed by atoms with E-state index < -0.39 is 16.7 Å². The Morgan fingerprint density at radius 3 is 2.23 bits per heavy atom. The molecule has 1 fully saturated rings. The van der Waals surface area contributed by atoms with E-state index in [4.69, 9.17) is 17.0 Å². The number of methoxy groups -OCH3 is 1. The van der Waals surface area contributed by atoms with Gasteiger partial charge in [0, 0.05) is 25.5 Å². The van der Waals surface area contributed by atoms with Gasteiger partial charge in [0.15, 0.2) is 5.11 Å². The van der Waals surface area contributed by atoms with Crippen molar-refractivity contribution in [3.05, 3.63) is 56.9 Å². The number of carbonyl (C=O) groups is 2. The molecule has 3 rings (SSSR count). The van der Waals surface area contributed by atoms with E-state index in [9.17, 15) is 19.7 Å². The molecule has 0 bridgehead atoms. The fraction of sp³-hybridized carbons (Fsp3) is 0.250. The number of amides is 2. The van der Waals surface area contributed by atoms with Crippen LogP contribution in [0.5, 0.6) is 5.75 Å². The number of hydrogen-bond acceptors (Lipinski definition) is 6. The number of benzene rings is 1. The summed E-state index contributed by atoms with van der Waals surface area (Å²) in [5, 5.41) is 11.7. The van der Waals surface area contributed by atoms with Gasteiger partial charge in [0.2, 0.25) is 0 Å². The van der Waals surface area contributed by atoms with Gasteiger partial charge >= 0.3 is 0 Å². The standard InChI is InChI=1S/C20H20N4O5S/c1-11-8-13(9-15-18(25)21(3)20(30)22(4)19(15)26)12(2)23(11)16-7-6-14(29-5)10-17(16)24(27)28/h6-10H,1-5H3. The molecular formula is C20H20N4O5S. The average molecular weight is 428 g/mol. The van der Waals surface area contributed by atoms with Crippen LogP contribution in [0, 0.1) is 24.0 Å². The Balaban J connectivity index is 2.15. The van der Waals surface area contributed by atoms with Crippen LogP contribution in [-0.4, -0.2) is 57.4 Å². The van der Waals surface area contributed by atoms with Gasteiger partial charge in [0.1, 0.15) is 17.0 Å². The number of nitrogens with zero attached hydrogens (tertiary/aromatic N) is 4. The van der Waals surface area contributed by atoms with E-state index in [-0.39, 0.29) is 16.4 Å². The van der Waals surface area contributed by atoms with E-state index in [0.29, 0.717) is 28.4 Å². The van der Waals surface area contributed by atoms with Crippen molar-refractivity contribution in [1.82, 2.24) is 14.4 Å². The van der Waals surface area contributed by atoms with E-state index in [1.54, 1.807) is 36.6 Å². The number of likely N-dealkylation sites (N-methyl/N-ethyl adjacent to an activating group) is 2. The minimum atomic E-state index is -0.497. The molecule has 1 aliphatic heterocycles. The van der Waals surface area contributed by atoms with Gasteiger partial charge in [-0.2, -0.15) is 0 Å². The first kappa shape index (κ1) is 21.2. The van der Waals surface area contributed by atoms with Crippen LogP contribution >= 0.6 is 12.2 Å². The highest BCUT2D eigenvalue weighted by molar-refractivity contribution is 7.80. The van der Waals surface area contributed by atoms with Crippen LogP contribution < -0.4 is 4.74 Å². The Labute approximate surface area is 178 Å². The lowest BCUT2D eigenvalue weighted by Gasteiger charge is -2.31. The maximum Gasteiger partial charge on any atom is 0.296 e. The van der Waals surface area contributed by atoms with Gasteiger partial charge in [0.25, 0.3) is 17.5 Å². The molecule has 0 atom stereocenters. The van der Waals surface area contributed by atoms with Crippen molar-refractivity contribution in [2.45, 2.75) is 13.8 Å². The maximum absolute atomic E-state index is 12.6. The first-order valence-electron chi connectivity index (χ1n) is 8.92. The highest BCUT2D eigenvalue weighted by Crippen LogP contribution is 2.32. The van der Waals surface area contributed by atoms with Crippen molar-refractivity contribution in [2.24, 2.45) is 0 Å². The summed E-state index contributed by atoms with van der Waals surface area (Å²) in [6.45, 7) is 3.56. The molecule has 2 amide bonds. The Kier molecular flexibility index (Phi) is 5.45. The Morgan fingerprint density at radius 2 is 1.70 bits per heavy atom. The summed E-state index contributed by atoms with van der Waals surface area (Å²) in [4.78, 5) is 38.8. The lowest BCUT2D eigenvalue weighted by Crippen LogP contribution is -2.52. The number of thiocarbonyl (C=S) groups is 1. The first-order valence-corrected chi connectivity index (χ1v) is 9.32. The van der Waals surface area contributed by atoms with Crippen molar-refractivity contribution in [2.75, 3.05) is 21.2 Å². The molecule has 0 spiro atoms. The highest BCUT2D eigenvalue weighted by Gasteiger charge is 2.35. The quantitative estimate of drug-likeness (QED) is 0.244. The number of hydrogen-bond donors (Lipinski definition) is 0. The van der Waals surface area contributed by atoms with Crippen LogP contribution in [0.25, 0.3) is 11.8 Å². The SMILES string of the molecule is COc1ccc(-n2c(C)cc(C=C3C(=O)N(C)C(=S)N(C)C3=O)c2C)c([N+](=O)[O-])c1. The summed E-state index contributed by atoms with van der Waals surface area (Å²) in [7, 11) is 4.45. The average Bonchev–Trinajstić information content (AvgIpc) is 3.00. The van der Waals surface area contributed by atoms with Crippen LogP contribution in [0.4, 0.5) is 5.69 Å². The van der Waals surface area contributed by atoms with Gasteiger partial charge in [-0.15, -0.1) is 0 Å². The molecule has 156 valence electrons. The fourth-order valence-corrected chi connectivity index (χ4v) is 3.57. The molecule has 0 saturated carbocycles. The lowest BCUT2D eigenvalue weighted by molar-refractivity contribution is -0.384. The Hall–Kier alpha value is -3.53. The molecule has 1 aliphatic rings. The molecule has 30 heavy (non-hydrogen) atoms. The van der Waals surface area contributed by atoms with Gasteiger partial charge in [-0.25, -0.2) is 0 Å². The van der Waals surface area contributed by atoms with Crippen molar-refractivity contribution in [3.63, 3.8) is 0 Å². The lowest BCUT2D eigenvalue weighted by atomic mass is 10.1. The van der Waals surface area contributed by atoms with Gasteiger partial charge in [0.05, 0.1) is 18.1 Å². The molecule has 0 radical (unpaired) electrons. The van der Waals surface area contributed by atoms with E-state index >= 15 is 0 Å².